The van der Waals surface area contributed by atoms with E-state index in [4.69, 9.17) is 4.74 Å². The van der Waals surface area contributed by atoms with Gasteiger partial charge in [-0.2, -0.15) is 0 Å². The summed E-state index contributed by atoms with van der Waals surface area (Å²) >= 11 is 0. The largest absolute Gasteiger partial charge is 0.392 e. The lowest BCUT2D eigenvalue weighted by molar-refractivity contribution is 0.0401. The Balaban J connectivity index is 4.28. The van der Waals surface area contributed by atoms with Crippen LogP contribution >= 0.6 is 0 Å². The van der Waals surface area contributed by atoms with E-state index in [1.807, 2.05) is 0 Å². The Labute approximate surface area is 101 Å². The van der Waals surface area contributed by atoms with Crippen molar-refractivity contribution in [2.24, 2.45) is 5.92 Å². The molecular formula is C13H29NO2. The molecule has 0 aliphatic heterocycles. The SMILES string of the molecule is CCC(CC)N(CCOC)CC(O)C(C)C. The average molecular weight is 231 g/mol. The highest BCUT2D eigenvalue weighted by molar-refractivity contribution is 4.74. The second kappa shape index (κ2) is 8.97. The van der Waals surface area contributed by atoms with E-state index in [0.717, 1.165) is 32.5 Å². The van der Waals surface area contributed by atoms with Gasteiger partial charge in [0.05, 0.1) is 12.7 Å². The lowest BCUT2D eigenvalue weighted by Gasteiger charge is -2.33. The summed E-state index contributed by atoms with van der Waals surface area (Å²) in [6.45, 7) is 10.9. The highest BCUT2D eigenvalue weighted by Gasteiger charge is 2.19. The molecule has 0 aromatic heterocycles. The number of hydrogen-bond acceptors (Lipinski definition) is 3. The van der Waals surface area contributed by atoms with Crippen molar-refractivity contribution >= 4 is 0 Å². The van der Waals surface area contributed by atoms with Gasteiger partial charge in [-0.15, -0.1) is 0 Å². The maximum atomic E-state index is 9.95. The van der Waals surface area contributed by atoms with Crippen molar-refractivity contribution in [3.8, 4) is 0 Å². The van der Waals surface area contributed by atoms with Crippen LogP contribution in [0, 0.1) is 5.92 Å². The van der Waals surface area contributed by atoms with Gasteiger partial charge < -0.3 is 9.84 Å². The van der Waals surface area contributed by atoms with Crippen LogP contribution in [0.4, 0.5) is 0 Å². The number of methoxy groups -OCH3 is 1. The monoisotopic (exact) mass is 231 g/mol. The van der Waals surface area contributed by atoms with Crippen LogP contribution in [0.15, 0.2) is 0 Å². The fraction of sp³-hybridized carbons (Fsp3) is 1.00. The van der Waals surface area contributed by atoms with Crippen molar-refractivity contribution in [1.82, 2.24) is 4.90 Å². The van der Waals surface area contributed by atoms with Crippen LogP contribution < -0.4 is 0 Å². The fourth-order valence-electron chi connectivity index (χ4n) is 1.89. The molecule has 0 fully saturated rings. The minimum Gasteiger partial charge on any atom is -0.392 e. The Hall–Kier alpha value is -0.120. The molecule has 0 aromatic carbocycles. The molecule has 0 saturated heterocycles. The first-order valence-corrected chi connectivity index (χ1v) is 6.47. The van der Waals surface area contributed by atoms with E-state index in [1.54, 1.807) is 7.11 Å². The molecule has 0 aromatic rings. The first-order valence-electron chi connectivity index (χ1n) is 6.47. The number of aliphatic hydroxyl groups is 1. The topological polar surface area (TPSA) is 32.7 Å². The molecule has 3 nitrogen and oxygen atoms in total. The van der Waals surface area contributed by atoms with Crippen LogP contribution in [-0.2, 0) is 4.74 Å². The zero-order chi connectivity index (χ0) is 12.6. The van der Waals surface area contributed by atoms with Gasteiger partial charge in [-0.3, -0.25) is 4.90 Å². The molecule has 1 unspecified atom stereocenters. The normalized spacial score (nSPS) is 14.1. The van der Waals surface area contributed by atoms with E-state index in [9.17, 15) is 5.11 Å². The Morgan fingerprint density at radius 1 is 1.19 bits per heavy atom. The summed E-state index contributed by atoms with van der Waals surface area (Å²) in [5, 5.41) is 9.95. The third-order valence-electron chi connectivity index (χ3n) is 3.23. The van der Waals surface area contributed by atoms with Gasteiger partial charge in [0.2, 0.25) is 0 Å². The van der Waals surface area contributed by atoms with Crippen LogP contribution in [0.25, 0.3) is 0 Å². The minimum atomic E-state index is -0.238. The molecule has 0 bridgehead atoms. The molecule has 0 amide bonds. The van der Waals surface area contributed by atoms with Crippen LogP contribution in [0.1, 0.15) is 40.5 Å². The lowest BCUT2D eigenvalue weighted by Crippen LogP contribution is -2.43. The molecule has 0 saturated carbocycles. The molecule has 16 heavy (non-hydrogen) atoms. The Morgan fingerprint density at radius 3 is 2.12 bits per heavy atom. The summed E-state index contributed by atoms with van der Waals surface area (Å²) in [5.74, 6) is 0.319. The van der Waals surface area contributed by atoms with Gasteiger partial charge in [-0.05, 0) is 18.8 Å². The van der Waals surface area contributed by atoms with Gasteiger partial charge in [0, 0.05) is 26.2 Å². The van der Waals surface area contributed by atoms with E-state index in [0.29, 0.717) is 12.0 Å². The Kier molecular flexibility index (Phi) is 8.90. The molecule has 1 atom stereocenters. The van der Waals surface area contributed by atoms with Crippen LogP contribution in [0.2, 0.25) is 0 Å². The second-order valence-corrected chi connectivity index (χ2v) is 4.77. The van der Waals surface area contributed by atoms with Gasteiger partial charge in [0.15, 0.2) is 0 Å². The van der Waals surface area contributed by atoms with Crippen LogP contribution in [-0.4, -0.2) is 49.0 Å². The molecule has 0 aliphatic rings. The third-order valence-corrected chi connectivity index (χ3v) is 3.23. The Morgan fingerprint density at radius 2 is 1.75 bits per heavy atom. The van der Waals surface area contributed by atoms with Crippen molar-refractivity contribution < 1.29 is 9.84 Å². The summed E-state index contributed by atoms with van der Waals surface area (Å²) in [5.41, 5.74) is 0. The summed E-state index contributed by atoms with van der Waals surface area (Å²) in [6.07, 6.45) is 2.02. The average Bonchev–Trinajstić information content (AvgIpc) is 2.26. The zero-order valence-corrected chi connectivity index (χ0v) is 11.6. The summed E-state index contributed by atoms with van der Waals surface area (Å²) in [7, 11) is 1.73. The highest BCUT2D eigenvalue weighted by Crippen LogP contribution is 2.12. The van der Waals surface area contributed by atoms with E-state index >= 15 is 0 Å². The van der Waals surface area contributed by atoms with Crippen molar-refractivity contribution in [2.75, 3.05) is 26.8 Å². The highest BCUT2D eigenvalue weighted by atomic mass is 16.5. The molecular weight excluding hydrogens is 202 g/mol. The van der Waals surface area contributed by atoms with Gasteiger partial charge in [-0.1, -0.05) is 27.7 Å². The standard InChI is InChI=1S/C13H29NO2/c1-6-12(7-2)14(8-9-16-5)10-13(15)11(3)4/h11-13,15H,6-10H2,1-5H3. The third kappa shape index (κ3) is 5.83. The molecule has 0 radical (unpaired) electrons. The van der Waals surface area contributed by atoms with Gasteiger partial charge >= 0.3 is 0 Å². The van der Waals surface area contributed by atoms with Crippen LogP contribution in [0.5, 0.6) is 0 Å². The molecule has 0 rings (SSSR count). The number of nitrogens with zero attached hydrogens (tertiary/aromatic N) is 1. The van der Waals surface area contributed by atoms with Crippen molar-refractivity contribution in [3.05, 3.63) is 0 Å². The summed E-state index contributed by atoms with van der Waals surface area (Å²) < 4.78 is 5.13. The van der Waals surface area contributed by atoms with E-state index in [2.05, 4.69) is 32.6 Å². The van der Waals surface area contributed by atoms with Gasteiger partial charge in [-0.25, -0.2) is 0 Å². The Bertz CT molecular complexity index is 158. The first kappa shape index (κ1) is 15.9. The zero-order valence-electron chi connectivity index (χ0n) is 11.6. The molecule has 0 heterocycles. The first-order chi connectivity index (χ1) is 7.56. The summed E-state index contributed by atoms with van der Waals surface area (Å²) in [4.78, 5) is 2.36. The van der Waals surface area contributed by atoms with Gasteiger partial charge in [0.25, 0.3) is 0 Å². The summed E-state index contributed by atoms with van der Waals surface area (Å²) in [6, 6.07) is 0.559. The number of rotatable bonds is 9. The predicted octanol–water partition coefficient (Wildman–Crippen LogP) is 2.14. The van der Waals surface area contributed by atoms with Crippen molar-refractivity contribution in [2.45, 2.75) is 52.7 Å². The van der Waals surface area contributed by atoms with E-state index in [-0.39, 0.29) is 6.10 Å². The molecule has 0 spiro atoms. The maximum Gasteiger partial charge on any atom is 0.0690 e. The minimum absolute atomic E-state index is 0.238. The number of aliphatic hydroxyl groups excluding tert-OH is 1. The quantitative estimate of drug-likeness (QED) is 0.660. The lowest BCUT2D eigenvalue weighted by atomic mass is 10.0. The van der Waals surface area contributed by atoms with Crippen LogP contribution in [0.3, 0.4) is 0 Å². The van der Waals surface area contributed by atoms with Crippen molar-refractivity contribution in [3.63, 3.8) is 0 Å². The smallest absolute Gasteiger partial charge is 0.0690 e. The number of hydrogen-bond donors (Lipinski definition) is 1. The predicted molar refractivity (Wildman–Crippen MR) is 68.7 cm³/mol. The molecule has 1 N–H and O–H groups in total. The van der Waals surface area contributed by atoms with Crippen molar-refractivity contribution in [1.29, 1.82) is 0 Å². The second-order valence-electron chi connectivity index (χ2n) is 4.77. The van der Waals surface area contributed by atoms with E-state index < -0.39 is 0 Å². The molecule has 0 aliphatic carbocycles. The number of ether oxygens (including phenoxy) is 1. The molecule has 3 heteroatoms. The fourth-order valence-corrected chi connectivity index (χ4v) is 1.89. The maximum absolute atomic E-state index is 9.95. The van der Waals surface area contributed by atoms with E-state index in [1.165, 1.54) is 0 Å². The molecule has 98 valence electrons. The van der Waals surface area contributed by atoms with Gasteiger partial charge in [0.1, 0.15) is 0 Å².